The summed E-state index contributed by atoms with van der Waals surface area (Å²) in [6.07, 6.45) is 0. The number of hydrogen-bond acceptors (Lipinski definition) is 4. The number of nitrogens with two attached hydrogens (primary N) is 1. The van der Waals surface area contributed by atoms with E-state index in [2.05, 4.69) is 4.37 Å². The summed E-state index contributed by atoms with van der Waals surface area (Å²) < 4.78 is 10.2. The van der Waals surface area contributed by atoms with Crippen LogP contribution in [0.3, 0.4) is 0 Å². The molecule has 3 rings (SSSR count). The highest BCUT2D eigenvalue weighted by Crippen LogP contribution is 2.33. The average molecular weight is 256 g/mol. The van der Waals surface area contributed by atoms with Crippen molar-refractivity contribution in [3.63, 3.8) is 0 Å². The van der Waals surface area contributed by atoms with Crippen LogP contribution in [0.4, 0.5) is 0 Å². The molecule has 0 aliphatic rings. The van der Waals surface area contributed by atoms with Gasteiger partial charge < -0.3 is 10.5 Å². The van der Waals surface area contributed by atoms with Crippen LogP contribution in [-0.4, -0.2) is 4.37 Å². The number of benzene rings is 2. The molecule has 3 nitrogen and oxygen atoms in total. The molecular formula is C14H12N2OS. The summed E-state index contributed by atoms with van der Waals surface area (Å²) in [5.41, 5.74) is 7.64. The fourth-order valence-corrected chi connectivity index (χ4v) is 2.53. The van der Waals surface area contributed by atoms with E-state index in [4.69, 9.17) is 10.5 Å². The van der Waals surface area contributed by atoms with Gasteiger partial charge in [-0.25, -0.2) is 0 Å². The van der Waals surface area contributed by atoms with Crippen molar-refractivity contribution < 1.29 is 4.74 Å². The van der Waals surface area contributed by atoms with Crippen LogP contribution in [0.1, 0.15) is 5.56 Å². The van der Waals surface area contributed by atoms with Crippen LogP contribution in [0.25, 0.3) is 10.9 Å². The van der Waals surface area contributed by atoms with E-state index in [1.807, 2.05) is 48.5 Å². The first-order valence-corrected chi connectivity index (χ1v) is 6.45. The van der Waals surface area contributed by atoms with Crippen LogP contribution in [0.15, 0.2) is 48.5 Å². The third-order valence-electron chi connectivity index (χ3n) is 2.70. The third kappa shape index (κ3) is 2.08. The number of ether oxygens (including phenoxy) is 1. The molecule has 0 unspecified atom stereocenters. The van der Waals surface area contributed by atoms with Gasteiger partial charge in [0.1, 0.15) is 5.75 Å². The molecule has 0 saturated heterocycles. The summed E-state index contributed by atoms with van der Waals surface area (Å²) in [7, 11) is 0. The Balaban J connectivity index is 1.96. The lowest BCUT2D eigenvalue weighted by molar-refractivity contribution is 0.500. The highest BCUT2D eigenvalue weighted by Gasteiger charge is 2.07. The van der Waals surface area contributed by atoms with Gasteiger partial charge >= 0.3 is 0 Å². The summed E-state index contributed by atoms with van der Waals surface area (Å²) in [5, 5.41) is 1.86. The summed E-state index contributed by atoms with van der Waals surface area (Å²) >= 11 is 1.37. The lowest BCUT2D eigenvalue weighted by Gasteiger charge is -2.04. The Morgan fingerprint density at radius 2 is 2.00 bits per heavy atom. The second kappa shape index (κ2) is 4.76. The van der Waals surface area contributed by atoms with Crippen molar-refractivity contribution in [2.24, 2.45) is 5.73 Å². The van der Waals surface area contributed by atoms with Crippen LogP contribution < -0.4 is 10.5 Å². The zero-order valence-electron chi connectivity index (χ0n) is 9.67. The van der Waals surface area contributed by atoms with Gasteiger partial charge in [-0.1, -0.05) is 24.3 Å². The Bertz CT molecular complexity index is 678. The van der Waals surface area contributed by atoms with Gasteiger partial charge in [-0.3, -0.25) is 0 Å². The molecule has 0 aliphatic heterocycles. The minimum atomic E-state index is 0.515. The fourth-order valence-electron chi connectivity index (χ4n) is 1.78. The lowest BCUT2D eigenvalue weighted by atomic mass is 10.2. The summed E-state index contributed by atoms with van der Waals surface area (Å²) in [6, 6.07) is 15.8. The number of nitrogens with zero attached hydrogens (tertiary/aromatic N) is 1. The molecule has 2 N–H and O–H groups in total. The molecule has 18 heavy (non-hydrogen) atoms. The van der Waals surface area contributed by atoms with E-state index in [0.29, 0.717) is 6.54 Å². The van der Waals surface area contributed by atoms with Crippen LogP contribution in [0.2, 0.25) is 0 Å². The monoisotopic (exact) mass is 256 g/mol. The van der Waals surface area contributed by atoms with Gasteiger partial charge in [0.25, 0.3) is 0 Å². The van der Waals surface area contributed by atoms with E-state index in [-0.39, 0.29) is 0 Å². The molecule has 0 aliphatic carbocycles. The number of rotatable bonds is 3. The topological polar surface area (TPSA) is 48.1 Å². The molecule has 0 bridgehead atoms. The van der Waals surface area contributed by atoms with Crippen molar-refractivity contribution in [3.8, 4) is 10.8 Å². The molecule has 0 spiro atoms. The summed E-state index contributed by atoms with van der Waals surface area (Å²) in [6.45, 7) is 0.515. The highest BCUT2D eigenvalue weighted by molar-refractivity contribution is 7.09. The first-order chi connectivity index (χ1) is 8.86. The van der Waals surface area contributed by atoms with Gasteiger partial charge in [-0.15, -0.1) is 0 Å². The molecule has 0 atom stereocenters. The summed E-state index contributed by atoms with van der Waals surface area (Å²) in [5.74, 6) is 0.798. The molecule has 2 aromatic carbocycles. The Morgan fingerprint density at radius 3 is 2.89 bits per heavy atom. The quantitative estimate of drug-likeness (QED) is 0.779. The normalized spacial score (nSPS) is 10.7. The molecular weight excluding hydrogens is 244 g/mol. The van der Waals surface area contributed by atoms with Crippen molar-refractivity contribution in [1.29, 1.82) is 0 Å². The van der Waals surface area contributed by atoms with Crippen molar-refractivity contribution in [2.45, 2.75) is 6.54 Å². The Morgan fingerprint density at radius 1 is 1.11 bits per heavy atom. The average Bonchev–Trinajstić information content (AvgIpc) is 2.83. The van der Waals surface area contributed by atoms with E-state index in [1.54, 1.807) is 0 Å². The standard InChI is InChI=1S/C14H12N2OS/c15-9-10-4-3-5-11(8-10)17-14-12-6-1-2-7-13(12)16-18-14/h1-8H,9,15H2. The Kier molecular flexibility index (Phi) is 2.96. The van der Waals surface area contributed by atoms with Crippen molar-refractivity contribution in [1.82, 2.24) is 4.37 Å². The minimum Gasteiger partial charge on any atom is -0.444 e. The fraction of sp³-hybridized carbons (Fsp3) is 0.0714. The van der Waals surface area contributed by atoms with Gasteiger partial charge in [0.2, 0.25) is 5.06 Å². The molecule has 0 radical (unpaired) electrons. The van der Waals surface area contributed by atoms with E-state index >= 15 is 0 Å². The molecule has 0 amide bonds. The largest absolute Gasteiger partial charge is 0.444 e. The molecule has 3 aromatic rings. The Hall–Kier alpha value is -1.91. The Labute approximate surface area is 109 Å². The zero-order valence-corrected chi connectivity index (χ0v) is 10.5. The second-order valence-corrected chi connectivity index (χ2v) is 4.68. The maximum atomic E-state index is 5.87. The van der Waals surface area contributed by atoms with Crippen LogP contribution in [0.5, 0.6) is 10.8 Å². The third-order valence-corrected chi connectivity index (χ3v) is 3.45. The zero-order chi connectivity index (χ0) is 12.4. The molecule has 90 valence electrons. The van der Waals surface area contributed by atoms with E-state index < -0.39 is 0 Å². The van der Waals surface area contributed by atoms with Gasteiger partial charge in [0.05, 0.1) is 10.9 Å². The van der Waals surface area contributed by atoms with E-state index in [0.717, 1.165) is 27.3 Å². The van der Waals surface area contributed by atoms with Crippen molar-refractivity contribution >= 4 is 22.4 Å². The number of hydrogen-bond donors (Lipinski definition) is 1. The van der Waals surface area contributed by atoms with Gasteiger partial charge in [0.15, 0.2) is 0 Å². The SMILES string of the molecule is NCc1cccc(Oc2snc3ccccc23)c1. The smallest absolute Gasteiger partial charge is 0.207 e. The molecule has 1 heterocycles. The van der Waals surface area contributed by atoms with Crippen LogP contribution >= 0.6 is 11.5 Å². The van der Waals surface area contributed by atoms with E-state index in [1.165, 1.54) is 11.5 Å². The van der Waals surface area contributed by atoms with Crippen molar-refractivity contribution in [2.75, 3.05) is 0 Å². The maximum Gasteiger partial charge on any atom is 0.207 e. The molecule has 0 fully saturated rings. The van der Waals surface area contributed by atoms with Crippen LogP contribution in [0, 0.1) is 0 Å². The first-order valence-electron chi connectivity index (χ1n) is 5.68. The van der Waals surface area contributed by atoms with E-state index in [9.17, 15) is 0 Å². The van der Waals surface area contributed by atoms with Crippen molar-refractivity contribution in [3.05, 3.63) is 54.1 Å². The molecule has 0 saturated carbocycles. The second-order valence-electron chi connectivity index (χ2n) is 3.94. The van der Waals surface area contributed by atoms with Crippen LogP contribution in [-0.2, 0) is 6.54 Å². The highest BCUT2D eigenvalue weighted by atomic mass is 32.1. The first kappa shape index (κ1) is 11.2. The van der Waals surface area contributed by atoms with Gasteiger partial charge in [0, 0.05) is 18.1 Å². The summed E-state index contributed by atoms with van der Waals surface area (Å²) in [4.78, 5) is 0. The predicted octanol–water partition coefficient (Wildman–Crippen LogP) is 3.55. The lowest BCUT2D eigenvalue weighted by Crippen LogP contribution is -1.95. The predicted molar refractivity (Wildman–Crippen MR) is 74.0 cm³/mol. The maximum absolute atomic E-state index is 5.87. The number of aromatic nitrogens is 1. The minimum absolute atomic E-state index is 0.515. The number of fused-ring (bicyclic) bond motifs is 1. The molecule has 1 aromatic heterocycles. The van der Waals surface area contributed by atoms with Gasteiger partial charge in [-0.2, -0.15) is 4.37 Å². The molecule has 4 heteroatoms. The van der Waals surface area contributed by atoms with Gasteiger partial charge in [-0.05, 0) is 29.8 Å².